The topological polar surface area (TPSA) is 63.2 Å². The molecule has 0 aliphatic carbocycles. The Morgan fingerprint density at radius 2 is 1.76 bits per heavy atom. The number of sulfone groups is 1. The van der Waals surface area contributed by atoms with Gasteiger partial charge in [0.1, 0.15) is 5.25 Å². The molecule has 108 valence electrons. The molecule has 3 rings (SSSR count). The third kappa shape index (κ3) is 2.23. The Kier molecular flexibility index (Phi) is 3.10. The summed E-state index contributed by atoms with van der Waals surface area (Å²) in [7, 11) is -3.62. The second-order valence-corrected chi connectivity index (χ2v) is 7.49. The summed E-state index contributed by atoms with van der Waals surface area (Å²) in [4.78, 5) is 11.9. The maximum absolute atomic E-state index is 12.4. The molecule has 21 heavy (non-hydrogen) atoms. The van der Waals surface area contributed by atoms with Gasteiger partial charge in [-0.1, -0.05) is 35.9 Å². The Morgan fingerprint density at radius 1 is 1.05 bits per heavy atom. The predicted molar refractivity (Wildman–Crippen MR) is 81.9 cm³/mol. The number of amides is 1. The maximum atomic E-state index is 12.4. The molecule has 0 saturated carbocycles. The number of hydrogen-bond acceptors (Lipinski definition) is 3. The molecule has 2 aromatic rings. The summed E-state index contributed by atoms with van der Waals surface area (Å²) in [6.07, 6.45) is 0. The summed E-state index contributed by atoms with van der Waals surface area (Å²) in [6.45, 7) is 3.40. The van der Waals surface area contributed by atoms with Gasteiger partial charge in [0, 0.05) is 0 Å². The number of carbonyl (C=O) groups is 1. The van der Waals surface area contributed by atoms with E-state index < -0.39 is 21.0 Å². The van der Waals surface area contributed by atoms with Gasteiger partial charge in [-0.25, -0.2) is 8.42 Å². The molecule has 0 aromatic heterocycles. The molecule has 1 aliphatic rings. The van der Waals surface area contributed by atoms with Crippen molar-refractivity contribution in [2.45, 2.75) is 24.0 Å². The van der Waals surface area contributed by atoms with Crippen LogP contribution in [-0.2, 0) is 14.6 Å². The van der Waals surface area contributed by atoms with Crippen molar-refractivity contribution in [3.8, 4) is 11.1 Å². The van der Waals surface area contributed by atoms with E-state index in [1.54, 1.807) is 12.1 Å². The maximum Gasteiger partial charge on any atom is 0.242 e. The smallest absolute Gasteiger partial charge is 0.242 e. The number of carbonyl (C=O) groups excluding carboxylic acids is 1. The molecular weight excluding hydrogens is 286 g/mol. The predicted octanol–water partition coefficient (Wildman–Crippen LogP) is 2.78. The number of benzene rings is 2. The Labute approximate surface area is 123 Å². The largest absolute Gasteiger partial charge is 0.324 e. The molecule has 2 aromatic carbocycles. The highest BCUT2D eigenvalue weighted by molar-refractivity contribution is 7.93. The first kappa shape index (κ1) is 13.8. The van der Waals surface area contributed by atoms with E-state index in [1.165, 1.54) is 6.92 Å². The quantitative estimate of drug-likeness (QED) is 0.881. The average Bonchev–Trinajstić information content (AvgIpc) is 2.45. The second kappa shape index (κ2) is 4.70. The average molecular weight is 301 g/mol. The van der Waals surface area contributed by atoms with E-state index in [9.17, 15) is 13.2 Å². The molecule has 1 unspecified atom stereocenters. The van der Waals surface area contributed by atoms with Crippen molar-refractivity contribution in [1.29, 1.82) is 0 Å². The molecule has 4 nitrogen and oxygen atoms in total. The van der Waals surface area contributed by atoms with Crippen LogP contribution in [0.15, 0.2) is 47.4 Å². The number of rotatable bonds is 1. The van der Waals surface area contributed by atoms with Crippen LogP contribution < -0.4 is 5.32 Å². The zero-order valence-corrected chi connectivity index (χ0v) is 12.6. The van der Waals surface area contributed by atoms with Crippen LogP contribution in [0.5, 0.6) is 0 Å². The van der Waals surface area contributed by atoms with E-state index in [4.69, 9.17) is 0 Å². The lowest BCUT2D eigenvalue weighted by atomic mass is 10.0. The summed E-state index contributed by atoms with van der Waals surface area (Å²) < 4.78 is 24.8. The van der Waals surface area contributed by atoms with E-state index in [-0.39, 0.29) is 4.90 Å². The molecule has 1 amide bonds. The normalized spacial score (nSPS) is 19.7. The lowest BCUT2D eigenvalue weighted by molar-refractivity contribution is -0.115. The Hall–Kier alpha value is -2.14. The van der Waals surface area contributed by atoms with E-state index in [1.807, 2.05) is 37.3 Å². The molecule has 0 radical (unpaired) electrons. The first-order chi connectivity index (χ1) is 9.89. The van der Waals surface area contributed by atoms with Gasteiger partial charge in [-0.2, -0.15) is 0 Å². The number of anilines is 1. The first-order valence-corrected chi connectivity index (χ1v) is 8.20. The van der Waals surface area contributed by atoms with Gasteiger partial charge in [0.2, 0.25) is 5.91 Å². The summed E-state index contributed by atoms with van der Waals surface area (Å²) >= 11 is 0. The van der Waals surface area contributed by atoms with E-state index in [0.29, 0.717) is 5.69 Å². The van der Waals surface area contributed by atoms with Crippen LogP contribution in [0.1, 0.15) is 12.5 Å². The van der Waals surface area contributed by atoms with Crippen LogP contribution in [0, 0.1) is 6.92 Å². The van der Waals surface area contributed by atoms with E-state index >= 15 is 0 Å². The minimum Gasteiger partial charge on any atom is -0.324 e. The van der Waals surface area contributed by atoms with Crippen molar-refractivity contribution in [3.05, 3.63) is 48.0 Å². The molecule has 1 N–H and O–H groups in total. The lowest BCUT2D eigenvalue weighted by Gasteiger charge is -2.22. The van der Waals surface area contributed by atoms with Crippen LogP contribution in [-0.4, -0.2) is 19.6 Å². The van der Waals surface area contributed by atoms with Gasteiger partial charge in [0.15, 0.2) is 9.84 Å². The molecular formula is C16H15NO3S. The standard InChI is InChI=1S/C16H15NO3S/c1-10-4-3-5-12(8-10)13-6-7-14-15(9-13)21(19,20)11(2)16(18)17-14/h3-9,11H,1-2H3,(H,17,18). The molecule has 0 spiro atoms. The van der Waals surface area contributed by atoms with Crippen molar-refractivity contribution in [2.75, 3.05) is 5.32 Å². The molecule has 0 saturated heterocycles. The van der Waals surface area contributed by atoms with Gasteiger partial charge < -0.3 is 5.32 Å². The van der Waals surface area contributed by atoms with Gasteiger partial charge in [-0.05, 0) is 37.1 Å². The second-order valence-electron chi connectivity index (χ2n) is 5.26. The Balaban J connectivity index is 2.19. The lowest BCUT2D eigenvalue weighted by Crippen LogP contribution is -2.37. The van der Waals surface area contributed by atoms with Gasteiger partial charge >= 0.3 is 0 Å². The van der Waals surface area contributed by atoms with Crippen LogP contribution in [0.4, 0.5) is 5.69 Å². The number of nitrogens with one attached hydrogen (secondary N) is 1. The highest BCUT2D eigenvalue weighted by Crippen LogP contribution is 2.34. The first-order valence-electron chi connectivity index (χ1n) is 6.65. The molecule has 1 atom stereocenters. The van der Waals surface area contributed by atoms with Crippen molar-refractivity contribution in [1.82, 2.24) is 0 Å². The number of fused-ring (bicyclic) bond motifs is 1. The zero-order valence-electron chi connectivity index (χ0n) is 11.8. The van der Waals surface area contributed by atoms with Crippen molar-refractivity contribution in [2.24, 2.45) is 0 Å². The fourth-order valence-corrected chi connectivity index (χ4v) is 3.87. The van der Waals surface area contributed by atoms with Crippen LogP contribution in [0.2, 0.25) is 0 Å². The molecule has 5 heteroatoms. The van der Waals surface area contributed by atoms with E-state index in [0.717, 1.165) is 16.7 Å². The highest BCUT2D eigenvalue weighted by atomic mass is 32.2. The summed E-state index contributed by atoms with van der Waals surface area (Å²) in [5, 5.41) is 1.58. The monoisotopic (exact) mass is 301 g/mol. The Morgan fingerprint density at radius 3 is 2.48 bits per heavy atom. The van der Waals surface area contributed by atoms with E-state index in [2.05, 4.69) is 5.32 Å². The zero-order chi connectivity index (χ0) is 15.2. The minimum absolute atomic E-state index is 0.189. The SMILES string of the molecule is Cc1cccc(-c2ccc3c(c2)S(=O)(=O)C(C)C(=O)N3)c1. The van der Waals surface area contributed by atoms with Gasteiger partial charge in [0.05, 0.1) is 10.6 Å². The molecule has 1 aliphatic heterocycles. The summed E-state index contributed by atoms with van der Waals surface area (Å²) in [5.74, 6) is -0.481. The molecule has 1 heterocycles. The summed E-state index contributed by atoms with van der Waals surface area (Å²) in [5.41, 5.74) is 3.24. The number of hydrogen-bond donors (Lipinski definition) is 1. The van der Waals surface area contributed by atoms with Crippen molar-refractivity contribution in [3.63, 3.8) is 0 Å². The van der Waals surface area contributed by atoms with Crippen LogP contribution in [0.3, 0.4) is 0 Å². The third-order valence-corrected chi connectivity index (χ3v) is 5.83. The van der Waals surface area contributed by atoms with Gasteiger partial charge in [-0.3, -0.25) is 4.79 Å². The molecule has 0 bridgehead atoms. The molecule has 0 fully saturated rings. The van der Waals surface area contributed by atoms with Crippen molar-refractivity contribution < 1.29 is 13.2 Å². The van der Waals surface area contributed by atoms with Crippen LogP contribution >= 0.6 is 0 Å². The number of aryl methyl sites for hydroxylation is 1. The minimum atomic E-state index is -3.62. The third-order valence-electron chi connectivity index (χ3n) is 3.73. The van der Waals surface area contributed by atoms with Crippen LogP contribution in [0.25, 0.3) is 11.1 Å². The van der Waals surface area contributed by atoms with Gasteiger partial charge in [-0.15, -0.1) is 0 Å². The Bertz CT molecular complexity index is 840. The fraction of sp³-hybridized carbons (Fsp3) is 0.188. The van der Waals surface area contributed by atoms with Crippen molar-refractivity contribution >= 4 is 21.4 Å². The summed E-state index contributed by atoms with van der Waals surface area (Å²) in [6, 6.07) is 13.0. The highest BCUT2D eigenvalue weighted by Gasteiger charge is 2.36. The van der Waals surface area contributed by atoms with Gasteiger partial charge in [0.25, 0.3) is 0 Å². The fourth-order valence-electron chi connectivity index (χ4n) is 2.43.